The van der Waals surface area contributed by atoms with Gasteiger partial charge in [-0.1, -0.05) is 0 Å². The largest absolute Gasteiger partial charge is 0.477 e. The molecule has 4 aromatic rings. The number of aromatic nitrogens is 5. The van der Waals surface area contributed by atoms with Crippen molar-refractivity contribution in [2.75, 3.05) is 23.8 Å². The highest BCUT2D eigenvalue weighted by molar-refractivity contribution is 7.21. The number of anilines is 2. The molecule has 2 amide bonds. The molecule has 4 aromatic heterocycles. The number of hydrogen-bond donors (Lipinski definition) is 2. The summed E-state index contributed by atoms with van der Waals surface area (Å²) in [7, 11) is 0. The van der Waals surface area contributed by atoms with E-state index in [1.807, 2.05) is 17.8 Å². The number of nitrogens with zero attached hydrogens (tertiary/aromatic N) is 6. The minimum absolute atomic E-state index is 0.0464. The first-order valence-electron chi connectivity index (χ1n) is 12.9. The van der Waals surface area contributed by atoms with Crippen LogP contribution in [0.2, 0.25) is 0 Å². The summed E-state index contributed by atoms with van der Waals surface area (Å²) in [5, 5.41) is 14.8. The van der Waals surface area contributed by atoms with Gasteiger partial charge in [-0.15, -0.1) is 11.3 Å². The van der Waals surface area contributed by atoms with Crippen molar-refractivity contribution in [3.63, 3.8) is 0 Å². The van der Waals surface area contributed by atoms with E-state index >= 15 is 0 Å². The maximum atomic E-state index is 13.3. The molecule has 2 N–H and O–H groups in total. The lowest BCUT2D eigenvalue weighted by Gasteiger charge is -2.27. The van der Waals surface area contributed by atoms with Crippen molar-refractivity contribution in [3.8, 4) is 16.3 Å². The lowest BCUT2D eigenvalue weighted by molar-refractivity contribution is -0.120. The van der Waals surface area contributed by atoms with Crippen LogP contribution in [0.5, 0.6) is 5.88 Å². The quantitative estimate of drug-likeness (QED) is 0.386. The van der Waals surface area contributed by atoms with Crippen LogP contribution in [0.3, 0.4) is 0 Å². The van der Waals surface area contributed by atoms with Crippen molar-refractivity contribution >= 4 is 39.4 Å². The zero-order valence-corrected chi connectivity index (χ0v) is 22.4. The summed E-state index contributed by atoms with van der Waals surface area (Å²) in [6.45, 7) is 8.44. The summed E-state index contributed by atoms with van der Waals surface area (Å²) in [4.78, 5) is 34.6. The molecule has 198 valence electrons. The third-order valence-electron chi connectivity index (χ3n) is 7.11. The van der Waals surface area contributed by atoms with E-state index in [-0.39, 0.29) is 17.9 Å². The first-order valence-corrected chi connectivity index (χ1v) is 13.7. The highest BCUT2D eigenvalue weighted by Crippen LogP contribution is 2.37. The van der Waals surface area contributed by atoms with Crippen molar-refractivity contribution in [3.05, 3.63) is 42.1 Å². The summed E-state index contributed by atoms with van der Waals surface area (Å²) >= 11 is 1.46. The SMILES string of the molecule is Cc1ncc(NC(=O)[C@H]2CCCN2C(C)C)cc1NC(=O)c1cnn2cc(-c3cnn4c3OCCC4)sc12. The van der Waals surface area contributed by atoms with Gasteiger partial charge >= 0.3 is 0 Å². The molecule has 0 aliphatic carbocycles. The van der Waals surface area contributed by atoms with Crippen LogP contribution in [-0.2, 0) is 11.3 Å². The second-order valence-electron chi connectivity index (χ2n) is 9.98. The Hall–Kier alpha value is -3.77. The number of carbonyl (C=O) groups is 2. The summed E-state index contributed by atoms with van der Waals surface area (Å²) in [5.74, 6) is 0.410. The van der Waals surface area contributed by atoms with Gasteiger partial charge in [0.1, 0.15) is 4.83 Å². The number of thiazole rings is 1. The highest BCUT2D eigenvalue weighted by atomic mass is 32.1. The van der Waals surface area contributed by atoms with Crippen LogP contribution < -0.4 is 15.4 Å². The maximum absolute atomic E-state index is 13.3. The Morgan fingerprint density at radius 2 is 2.00 bits per heavy atom. The van der Waals surface area contributed by atoms with Crippen LogP contribution in [0.1, 0.15) is 49.2 Å². The van der Waals surface area contributed by atoms with Gasteiger partial charge < -0.3 is 15.4 Å². The lowest BCUT2D eigenvalue weighted by Crippen LogP contribution is -2.43. The molecule has 6 rings (SSSR count). The number of likely N-dealkylation sites (tertiary alicyclic amines) is 1. The van der Waals surface area contributed by atoms with E-state index in [2.05, 4.69) is 44.6 Å². The van der Waals surface area contributed by atoms with Gasteiger partial charge in [-0.2, -0.15) is 10.2 Å². The van der Waals surface area contributed by atoms with Gasteiger partial charge in [0.15, 0.2) is 0 Å². The van der Waals surface area contributed by atoms with Crippen molar-refractivity contribution in [1.29, 1.82) is 0 Å². The number of carbonyl (C=O) groups excluding carboxylic acids is 2. The Balaban J connectivity index is 1.20. The van der Waals surface area contributed by atoms with E-state index in [1.54, 1.807) is 29.2 Å². The monoisotopic (exact) mass is 534 g/mol. The van der Waals surface area contributed by atoms with E-state index in [9.17, 15) is 9.59 Å². The molecule has 2 aliphatic heterocycles. The Morgan fingerprint density at radius 3 is 2.84 bits per heavy atom. The zero-order chi connectivity index (χ0) is 26.4. The molecular weight excluding hydrogens is 504 g/mol. The van der Waals surface area contributed by atoms with Gasteiger partial charge in [0.25, 0.3) is 5.91 Å². The molecule has 0 radical (unpaired) electrons. The van der Waals surface area contributed by atoms with Gasteiger partial charge in [0.05, 0.1) is 64.3 Å². The summed E-state index contributed by atoms with van der Waals surface area (Å²) in [6.07, 6.45) is 9.64. The fourth-order valence-corrected chi connectivity index (χ4v) is 6.20. The summed E-state index contributed by atoms with van der Waals surface area (Å²) < 4.78 is 9.40. The minimum atomic E-state index is -0.295. The average molecular weight is 535 g/mol. The molecule has 0 bridgehead atoms. The van der Waals surface area contributed by atoms with Crippen molar-refractivity contribution in [2.45, 2.75) is 58.7 Å². The molecule has 0 aromatic carbocycles. The Bertz CT molecular complexity index is 1520. The average Bonchev–Trinajstić information content (AvgIpc) is 3.68. The molecule has 1 atom stereocenters. The Morgan fingerprint density at radius 1 is 1.13 bits per heavy atom. The lowest BCUT2D eigenvalue weighted by atomic mass is 10.2. The predicted octanol–water partition coefficient (Wildman–Crippen LogP) is 3.81. The van der Waals surface area contributed by atoms with Crippen LogP contribution >= 0.6 is 11.3 Å². The molecule has 6 heterocycles. The van der Waals surface area contributed by atoms with Crippen LogP contribution in [0.15, 0.2) is 30.9 Å². The molecule has 0 spiro atoms. The number of rotatable bonds is 6. The fourth-order valence-electron chi connectivity index (χ4n) is 5.14. The molecule has 2 aliphatic rings. The molecule has 1 saturated heterocycles. The van der Waals surface area contributed by atoms with Gasteiger partial charge in [0, 0.05) is 25.2 Å². The molecule has 12 heteroatoms. The second-order valence-corrected chi connectivity index (χ2v) is 11.0. The first kappa shape index (κ1) is 24.6. The number of ether oxygens (including phenoxy) is 1. The normalized spacial score (nSPS) is 17.5. The van der Waals surface area contributed by atoms with E-state index in [1.165, 1.54) is 11.3 Å². The number of hydrogen-bond acceptors (Lipinski definition) is 8. The van der Waals surface area contributed by atoms with Gasteiger partial charge in [-0.05, 0) is 46.2 Å². The van der Waals surface area contributed by atoms with Gasteiger partial charge in [-0.25, -0.2) is 9.20 Å². The zero-order valence-electron chi connectivity index (χ0n) is 21.6. The van der Waals surface area contributed by atoms with Crippen LogP contribution in [0.25, 0.3) is 15.3 Å². The van der Waals surface area contributed by atoms with Gasteiger partial charge in [-0.3, -0.25) is 19.5 Å². The first-order chi connectivity index (χ1) is 18.4. The second kappa shape index (κ2) is 9.84. The van der Waals surface area contributed by atoms with E-state index in [0.29, 0.717) is 35.3 Å². The Kier molecular flexibility index (Phi) is 6.36. The van der Waals surface area contributed by atoms with E-state index in [0.717, 1.165) is 53.5 Å². The summed E-state index contributed by atoms with van der Waals surface area (Å²) in [5.41, 5.74) is 3.09. The predicted molar refractivity (Wildman–Crippen MR) is 145 cm³/mol. The molecule has 0 unspecified atom stereocenters. The molecule has 11 nitrogen and oxygen atoms in total. The molecule has 38 heavy (non-hydrogen) atoms. The van der Waals surface area contributed by atoms with Crippen molar-refractivity contribution in [1.82, 2.24) is 29.3 Å². The van der Waals surface area contributed by atoms with Crippen LogP contribution in [-0.4, -0.2) is 66.3 Å². The third kappa shape index (κ3) is 4.43. The van der Waals surface area contributed by atoms with Crippen LogP contribution in [0, 0.1) is 6.92 Å². The topological polar surface area (TPSA) is 119 Å². The Labute approximate surface area is 223 Å². The fraction of sp³-hybridized carbons (Fsp3) is 0.423. The van der Waals surface area contributed by atoms with E-state index in [4.69, 9.17) is 4.74 Å². The highest BCUT2D eigenvalue weighted by Gasteiger charge is 2.32. The number of aryl methyl sites for hydroxylation is 2. The van der Waals surface area contributed by atoms with E-state index < -0.39 is 0 Å². The number of amides is 2. The third-order valence-corrected chi connectivity index (χ3v) is 8.26. The van der Waals surface area contributed by atoms with Gasteiger partial charge in [0.2, 0.25) is 11.8 Å². The standard InChI is InChI=1S/C26H30N8O3S/c1-15(2)32-7-4-6-21(32)24(36)30-17-10-20(16(3)27-11-17)31-23(35)19-13-29-34-14-22(38-26(19)34)18-12-28-33-8-5-9-37-25(18)33/h10-15,21H,4-9H2,1-3H3,(H,30,36)(H,31,35)/t21-/m1/s1. The molecular formula is C26H30N8O3S. The number of pyridine rings is 1. The minimum Gasteiger partial charge on any atom is -0.477 e. The van der Waals surface area contributed by atoms with Crippen molar-refractivity contribution < 1.29 is 14.3 Å². The molecule has 0 saturated carbocycles. The smallest absolute Gasteiger partial charge is 0.260 e. The van der Waals surface area contributed by atoms with Crippen LogP contribution in [0.4, 0.5) is 11.4 Å². The summed E-state index contributed by atoms with van der Waals surface area (Å²) in [6, 6.07) is 1.90. The molecule has 1 fully saturated rings. The maximum Gasteiger partial charge on any atom is 0.260 e. The number of nitrogens with one attached hydrogen (secondary N) is 2. The number of fused-ring (bicyclic) bond motifs is 2. The van der Waals surface area contributed by atoms with Crippen molar-refractivity contribution in [2.24, 2.45) is 0 Å².